The van der Waals surface area contributed by atoms with Crippen molar-refractivity contribution < 1.29 is 4.74 Å². The van der Waals surface area contributed by atoms with Crippen LogP contribution in [0.3, 0.4) is 0 Å². The molecule has 3 aromatic rings. The second-order valence-electron chi connectivity index (χ2n) is 8.43. The quantitative estimate of drug-likeness (QED) is 0.465. The van der Waals surface area contributed by atoms with Crippen LogP contribution in [0.15, 0.2) is 60.7 Å². The van der Waals surface area contributed by atoms with Gasteiger partial charge in [0.15, 0.2) is 0 Å². The number of nitrogens with zero attached hydrogens (tertiary/aromatic N) is 3. The minimum atomic E-state index is 0.257. The number of anilines is 2. The van der Waals surface area contributed by atoms with Crippen LogP contribution >= 0.6 is 0 Å². The largest absolute Gasteiger partial charge is 0.488 e. The third-order valence-corrected chi connectivity index (χ3v) is 6.01. The van der Waals surface area contributed by atoms with Crippen LogP contribution in [-0.2, 0) is 6.61 Å². The Morgan fingerprint density at radius 2 is 1.88 bits per heavy atom. The number of nitrogen functional groups attached to an aromatic ring is 1. The Hall–Kier alpha value is -3.12. The number of para-hydroxylation sites is 1. The summed E-state index contributed by atoms with van der Waals surface area (Å²) in [5, 5.41) is 3.43. The third-order valence-electron chi connectivity index (χ3n) is 6.01. The predicted octanol–water partition coefficient (Wildman–Crippen LogP) is 4.98. The molecule has 6 heteroatoms. The number of rotatable bonds is 9. The monoisotopic (exact) mass is 431 g/mol. The summed E-state index contributed by atoms with van der Waals surface area (Å²) >= 11 is 0. The van der Waals surface area contributed by atoms with Crippen molar-refractivity contribution in [1.29, 1.82) is 0 Å². The van der Waals surface area contributed by atoms with Gasteiger partial charge in [-0.15, -0.1) is 0 Å². The van der Waals surface area contributed by atoms with Crippen molar-refractivity contribution in [3.8, 4) is 17.0 Å². The molecule has 4 rings (SSSR count). The maximum atomic E-state index is 6.11. The topological polar surface area (TPSA) is 76.3 Å². The van der Waals surface area contributed by atoms with Crippen LogP contribution in [0.1, 0.15) is 38.2 Å². The van der Waals surface area contributed by atoms with Crippen LogP contribution in [0.4, 0.5) is 11.8 Å². The number of ether oxygens (including phenoxy) is 1. The van der Waals surface area contributed by atoms with Gasteiger partial charge in [-0.3, -0.25) is 0 Å². The van der Waals surface area contributed by atoms with E-state index in [0.717, 1.165) is 47.9 Å². The van der Waals surface area contributed by atoms with E-state index in [1.807, 2.05) is 48.5 Å². The minimum absolute atomic E-state index is 0.257. The number of nitrogens with one attached hydrogen (secondary N) is 1. The third kappa shape index (κ3) is 5.98. The molecule has 1 saturated heterocycles. The van der Waals surface area contributed by atoms with Crippen LogP contribution in [-0.4, -0.2) is 40.5 Å². The molecule has 32 heavy (non-hydrogen) atoms. The summed E-state index contributed by atoms with van der Waals surface area (Å²) in [6.45, 7) is 6.01. The number of piperidine rings is 1. The fourth-order valence-corrected chi connectivity index (χ4v) is 4.22. The fraction of sp³-hybridized carbons (Fsp3) is 0.385. The van der Waals surface area contributed by atoms with E-state index in [9.17, 15) is 0 Å². The number of hydrogen-bond acceptors (Lipinski definition) is 6. The Morgan fingerprint density at radius 3 is 2.72 bits per heavy atom. The van der Waals surface area contributed by atoms with Crippen molar-refractivity contribution in [2.75, 3.05) is 30.7 Å². The van der Waals surface area contributed by atoms with E-state index in [2.05, 4.69) is 39.2 Å². The lowest BCUT2D eigenvalue weighted by atomic mass is 10.0. The van der Waals surface area contributed by atoms with Crippen LogP contribution < -0.4 is 15.8 Å². The Morgan fingerprint density at radius 1 is 1.06 bits per heavy atom. The van der Waals surface area contributed by atoms with Gasteiger partial charge in [0.2, 0.25) is 5.95 Å². The second-order valence-corrected chi connectivity index (χ2v) is 8.43. The zero-order valence-corrected chi connectivity index (χ0v) is 18.8. The standard InChI is InChI=1S/C26H33N5O/c1-20-10-7-8-16-31(20)17-9-15-28-25-18-23(29-26(27)30-25)22-13-5-6-14-24(22)32-19-21-11-3-2-4-12-21/h2-6,11-14,18,20H,7-10,15-17,19H2,1H3,(H3,27,28,29,30). The predicted molar refractivity (Wildman–Crippen MR) is 131 cm³/mol. The molecule has 1 fully saturated rings. The van der Waals surface area contributed by atoms with E-state index >= 15 is 0 Å². The van der Waals surface area contributed by atoms with Gasteiger partial charge in [0, 0.05) is 30.8 Å². The second kappa shape index (κ2) is 11.0. The molecule has 0 bridgehead atoms. The van der Waals surface area contributed by atoms with E-state index in [0.29, 0.717) is 12.6 Å². The molecule has 0 saturated carbocycles. The summed E-state index contributed by atoms with van der Waals surface area (Å²) < 4.78 is 6.11. The molecule has 3 N–H and O–H groups in total. The van der Waals surface area contributed by atoms with Gasteiger partial charge in [-0.05, 0) is 50.4 Å². The summed E-state index contributed by atoms with van der Waals surface area (Å²) in [5.41, 5.74) is 8.82. The minimum Gasteiger partial charge on any atom is -0.488 e. The first-order valence-electron chi connectivity index (χ1n) is 11.6. The summed E-state index contributed by atoms with van der Waals surface area (Å²) in [7, 11) is 0. The first kappa shape index (κ1) is 22.1. The van der Waals surface area contributed by atoms with E-state index in [-0.39, 0.29) is 5.95 Å². The van der Waals surface area contributed by atoms with Crippen LogP contribution in [0.25, 0.3) is 11.3 Å². The molecule has 0 amide bonds. The zero-order valence-electron chi connectivity index (χ0n) is 18.8. The van der Waals surface area contributed by atoms with E-state index < -0.39 is 0 Å². The van der Waals surface area contributed by atoms with E-state index in [1.165, 1.54) is 25.8 Å². The van der Waals surface area contributed by atoms with E-state index in [4.69, 9.17) is 10.5 Å². The van der Waals surface area contributed by atoms with Gasteiger partial charge in [0.25, 0.3) is 0 Å². The van der Waals surface area contributed by atoms with Gasteiger partial charge in [0.05, 0.1) is 5.69 Å². The molecule has 6 nitrogen and oxygen atoms in total. The molecule has 1 atom stereocenters. The van der Waals surface area contributed by atoms with Crippen molar-refractivity contribution in [1.82, 2.24) is 14.9 Å². The SMILES string of the molecule is CC1CCCCN1CCCNc1cc(-c2ccccc2OCc2ccccc2)nc(N)n1. The molecule has 2 aromatic carbocycles. The van der Waals surface area contributed by atoms with Crippen LogP contribution in [0, 0.1) is 0 Å². The summed E-state index contributed by atoms with van der Waals surface area (Å²) in [4.78, 5) is 11.4. The van der Waals surface area contributed by atoms with Crippen molar-refractivity contribution in [3.05, 3.63) is 66.2 Å². The summed E-state index contributed by atoms with van der Waals surface area (Å²) in [6.07, 6.45) is 5.05. The van der Waals surface area contributed by atoms with Crippen molar-refractivity contribution in [3.63, 3.8) is 0 Å². The molecule has 168 valence electrons. The molecule has 0 radical (unpaired) electrons. The highest BCUT2D eigenvalue weighted by atomic mass is 16.5. The first-order valence-corrected chi connectivity index (χ1v) is 11.6. The van der Waals surface area contributed by atoms with Gasteiger partial charge in [0.1, 0.15) is 18.2 Å². The molecular formula is C26H33N5O. The van der Waals surface area contributed by atoms with Crippen LogP contribution in [0.5, 0.6) is 5.75 Å². The molecule has 0 spiro atoms. The summed E-state index contributed by atoms with van der Waals surface area (Å²) in [5.74, 6) is 1.78. The van der Waals surface area contributed by atoms with Gasteiger partial charge in [-0.2, -0.15) is 4.98 Å². The van der Waals surface area contributed by atoms with Crippen molar-refractivity contribution >= 4 is 11.8 Å². The number of benzene rings is 2. The molecule has 1 aromatic heterocycles. The Bertz CT molecular complexity index is 995. The summed E-state index contributed by atoms with van der Waals surface area (Å²) in [6, 6.07) is 20.7. The molecule has 1 unspecified atom stereocenters. The van der Waals surface area contributed by atoms with E-state index in [1.54, 1.807) is 0 Å². The highest BCUT2D eigenvalue weighted by molar-refractivity contribution is 5.70. The Labute approximate surface area is 190 Å². The van der Waals surface area contributed by atoms with Gasteiger partial charge < -0.3 is 20.7 Å². The average molecular weight is 432 g/mol. The molecular weight excluding hydrogens is 398 g/mol. The van der Waals surface area contributed by atoms with Crippen molar-refractivity contribution in [2.24, 2.45) is 0 Å². The normalized spacial score (nSPS) is 16.6. The first-order chi connectivity index (χ1) is 15.7. The Balaban J connectivity index is 1.40. The zero-order chi connectivity index (χ0) is 22.2. The van der Waals surface area contributed by atoms with Crippen molar-refractivity contribution in [2.45, 2.75) is 45.3 Å². The number of nitrogens with two attached hydrogens (primary N) is 1. The average Bonchev–Trinajstić information content (AvgIpc) is 2.82. The smallest absolute Gasteiger partial charge is 0.222 e. The number of hydrogen-bond donors (Lipinski definition) is 2. The molecule has 2 heterocycles. The maximum Gasteiger partial charge on any atom is 0.222 e. The number of aromatic nitrogens is 2. The lowest BCUT2D eigenvalue weighted by molar-refractivity contribution is 0.160. The molecule has 1 aliphatic heterocycles. The highest BCUT2D eigenvalue weighted by Gasteiger charge is 2.17. The maximum absolute atomic E-state index is 6.11. The van der Waals surface area contributed by atoms with Gasteiger partial charge in [-0.1, -0.05) is 48.9 Å². The van der Waals surface area contributed by atoms with Crippen LogP contribution in [0.2, 0.25) is 0 Å². The molecule has 1 aliphatic rings. The Kier molecular flexibility index (Phi) is 7.56. The molecule has 0 aliphatic carbocycles. The lowest BCUT2D eigenvalue weighted by Gasteiger charge is -2.33. The highest BCUT2D eigenvalue weighted by Crippen LogP contribution is 2.30. The fourth-order valence-electron chi connectivity index (χ4n) is 4.22. The van der Waals surface area contributed by atoms with Gasteiger partial charge >= 0.3 is 0 Å². The number of likely N-dealkylation sites (tertiary alicyclic amines) is 1. The lowest BCUT2D eigenvalue weighted by Crippen LogP contribution is -2.38. The van der Waals surface area contributed by atoms with Gasteiger partial charge in [-0.25, -0.2) is 4.98 Å².